The molecule has 0 radical (unpaired) electrons. The van der Waals surface area contributed by atoms with Gasteiger partial charge in [-0.05, 0) is 29.2 Å². The van der Waals surface area contributed by atoms with Crippen LogP contribution in [0.5, 0.6) is 0 Å². The average molecular weight is 498 g/mol. The fraction of sp³-hybridized carbons (Fsp3) is 0.250. The molecule has 2 aromatic carbocycles. The number of nitrogens with one attached hydrogen (secondary N) is 2. The maximum absolute atomic E-state index is 12.4. The first-order valence-electron chi connectivity index (χ1n) is 10.6. The van der Waals surface area contributed by atoms with E-state index in [2.05, 4.69) is 15.6 Å². The molecular formula is C24H23N3O5S2. The van der Waals surface area contributed by atoms with Crippen LogP contribution in [-0.2, 0) is 14.3 Å². The number of aryl methyl sites for hydroxylation is 1. The topological polar surface area (TPSA) is 118 Å². The summed E-state index contributed by atoms with van der Waals surface area (Å²) in [4.78, 5) is 40.2. The second-order valence-electron chi connectivity index (χ2n) is 7.72. The summed E-state index contributed by atoms with van der Waals surface area (Å²) in [5.74, 6) is -1.55. The molecule has 8 nitrogen and oxygen atoms in total. The summed E-state index contributed by atoms with van der Waals surface area (Å²) in [6, 6.07) is 14.7. The maximum Gasteiger partial charge on any atom is 0.407 e. The molecule has 0 spiro atoms. The van der Waals surface area contributed by atoms with E-state index in [4.69, 9.17) is 4.74 Å². The number of carboxylic acids is 1. The molecule has 3 N–H and O–H groups in total. The molecule has 0 saturated carbocycles. The van der Waals surface area contributed by atoms with Crippen molar-refractivity contribution in [1.82, 2.24) is 10.3 Å². The van der Waals surface area contributed by atoms with E-state index in [1.807, 2.05) is 60.8 Å². The Hall–Kier alpha value is -3.37. The number of thioether (sulfide) groups is 1. The van der Waals surface area contributed by atoms with E-state index in [0.29, 0.717) is 5.13 Å². The highest BCUT2D eigenvalue weighted by Gasteiger charge is 2.29. The number of aliphatic carboxylic acids is 1. The van der Waals surface area contributed by atoms with Crippen molar-refractivity contribution in [2.75, 3.05) is 23.4 Å². The molecule has 3 aromatic rings. The Bertz CT molecular complexity index is 1170. The number of hydrogen-bond acceptors (Lipinski definition) is 7. The lowest BCUT2D eigenvalue weighted by atomic mass is 9.98. The van der Waals surface area contributed by atoms with Crippen molar-refractivity contribution in [3.8, 4) is 11.1 Å². The molecular weight excluding hydrogens is 474 g/mol. The number of amides is 2. The molecule has 0 saturated heterocycles. The number of carbonyl (C=O) groups excluding carboxylic acids is 2. The zero-order valence-corrected chi connectivity index (χ0v) is 19.9. The van der Waals surface area contributed by atoms with Gasteiger partial charge in [0.2, 0.25) is 5.91 Å². The smallest absolute Gasteiger partial charge is 0.407 e. The lowest BCUT2D eigenvalue weighted by Gasteiger charge is -2.17. The Balaban J connectivity index is 1.28. The number of rotatable bonds is 9. The summed E-state index contributed by atoms with van der Waals surface area (Å²) < 4.78 is 5.42. The van der Waals surface area contributed by atoms with Gasteiger partial charge in [-0.3, -0.25) is 4.79 Å². The van der Waals surface area contributed by atoms with Crippen LogP contribution in [-0.4, -0.2) is 52.2 Å². The number of ether oxygens (including phenoxy) is 1. The van der Waals surface area contributed by atoms with Crippen LogP contribution < -0.4 is 10.6 Å². The SMILES string of the molecule is Cc1csc(NC(=O)CSCC(NC(=O)OCC2c3ccccc3-c3ccccc32)C(=O)O)n1. The Labute approximate surface area is 204 Å². The molecule has 176 valence electrons. The molecule has 10 heteroatoms. The summed E-state index contributed by atoms with van der Waals surface area (Å²) >= 11 is 2.42. The molecule has 4 rings (SSSR count). The minimum atomic E-state index is -1.20. The Morgan fingerprint density at radius 1 is 1.12 bits per heavy atom. The average Bonchev–Trinajstić information content (AvgIpc) is 3.37. The summed E-state index contributed by atoms with van der Waals surface area (Å²) in [7, 11) is 0. The van der Waals surface area contributed by atoms with E-state index in [-0.39, 0.29) is 29.9 Å². The van der Waals surface area contributed by atoms with Crippen molar-refractivity contribution in [3.05, 3.63) is 70.7 Å². The van der Waals surface area contributed by atoms with E-state index >= 15 is 0 Å². The number of nitrogens with zero attached hydrogens (tertiary/aromatic N) is 1. The number of carboxylic acid groups (broad SMARTS) is 1. The second-order valence-corrected chi connectivity index (χ2v) is 9.61. The van der Waals surface area contributed by atoms with Gasteiger partial charge in [-0.2, -0.15) is 0 Å². The molecule has 1 aliphatic carbocycles. The molecule has 34 heavy (non-hydrogen) atoms. The monoisotopic (exact) mass is 497 g/mol. The molecule has 1 heterocycles. The largest absolute Gasteiger partial charge is 0.480 e. The van der Waals surface area contributed by atoms with Gasteiger partial charge in [0.05, 0.1) is 11.4 Å². The fourth-order valence-corrected chi connectivity index (χ4v) is 5.33. The van der Waals surface area contributed by atoms with Gasteiger partial charge in [-0.1, -0.05) is 48.5 Å². The number of alkyl carbamates (subject to hydrolysis) is 1. The molecule has 1 aromatic heterocycles. The quantitative estimate of drug-likeness (QED) is 0.407. The van der Waals surface area contributed by atoms with Crippen molar-refractivity contribution in [1.29, 1.82) is 0 Å². The first kappa shape index (κ1) is 23.8. The standard InChI is InChI=1S/C24H23N3O5S2/c1-14-11-34-23(25-14)27-21(28)13-33-12-20(22(29)30)26-24(31)32-10-19-17-8-4-2-6-15(17)16-7-3-5-9-18(16)19/h2-9,11,19-20H,10,12-13H2,1H3,(H,26,31)(H,29,30)(H,25,27,28). The number of benzene rings is 2. The van der Waals surface area contributed by atoms with Crippen LogP contribution in [0.4, 0.5) is 9.93 Å². The van der Waals surface area contributed by atoms with Gasteiger partial charge in [-0.15, -0.1) is 23.1 Å². The number of hydrogen-bond donors (Lipinski definition) is 3. The molecule has 0 aliphatic heterocycles. The zero-order chi connectivity index (χ0) is 24.1. The van der Waals surface area contributed by atoms with E-state index in [0.717, 1.165) is 39.7 Å². The van der Waals surface area contributed by atoms with Crippen LogP contribution in [0.1, 0.15) is 22.7 Å². The van der Waals surface area contributed by atoms with Crippen molar-refractivity contribution in [2.45, 2.75) is 18.9 Å². The van der Waals surface area contributed by atoms with Crippen molar-refractivity contribution >= 4 is 46.2 Å². The molecule has 1 aliphatic rings. The van der Waals surface area contributed by atoms with Crippen molar-refractivity contribution in [2.24, 2.45) is 0 Å². The molecule has 1 unspecified atom stereocenters. The van der Waals surface area contributed by atoms with Gasteiger partial charge in [0.25, 0.3) is 0 Å². The minimum Gasteiger partial charge on any atom is -0.480 e. The van der Waals surface area contributed by atoms with Crippen LogP contribution in [0.15, 0.2) is 53.9 Å². The lowest BCUT2D eigenvalue weighted by Crippen LogP contribution is -2.43. The third-order valence-electron chi connectivity index (χ3n) is 5.32. The predicted molar refractivity (Wildman–Crippen MR) is 132 cm³/mol. The van der Waals surface area contributed by atoms with E-state index in [1.54, 1.807) is 0 Å². The Kier molecular flexibility index (Phi) is 7.49. The highest BCUT2D eigenvalue weighted by atomic mass is 32.2. The van der Waals surface area contributed by atoms with E-state index in [9.17, 15) is 19.5 Å². The van der Waals surface area contributed by atoms with Gasteiger partial charge >= 0.3 is 12.1 Å². The number of aromatic nitrogens is 1. The minimum absolute atomic E-state index is 0.0177. The molecule has 1 atom stereocenters. The summed E-state index contributed by atoms with van der Waals surface area (Å²) in [6.45, 7) is 1.92. The van der Waals surface area contributed by atoms with Crippen LogP contribution in [0.25, 0.3) is 11.1 Å². The number of carbonyl (C=O) groups is 3. The summed E-state index contributed by atoms with van der Waals surface area (Å²) in [6.07, 6.45) is -0.808. The maximum atomic E-state index is 12.4. The summed E-state index contributed by atoms with van der Waals surface area (Å²) in [5.41, 5.74) is 5.17. The van der Waals surface area contributed by atoms with Gasteiger partial charge in [-0.25, -0.2) is 14.6 Å². The van der Waals surface area contributed by atoms with Crippen LogP contribution >= 0.6 is 23.1 Å². The number of fused-ring (bicyclic) bond motifs is 3. The Morgan fingerprint density at radius 2 is 1.76 bits per heavy atom. The van der Waals surface area contributed by atoms with Gasteiger partial charge in [0.15, 0.2) is 5.13 Å². The molecule has 0 fully saturated rings. The highest BCUT2D eigenvalue weighted by molar-refractivity contribution is 8.00. The summed E-state index contributed by atoms with van der Waals surface area (Å²) in [5, 5.41) is 16.8. The number of thiazole rings is 1. The molecule has 0 bridgehead atoms. The number of anilines is 1. The van der Waals surface area contributed by atoms with Crippen molar-refractivity contribution < 1.29 is 24.2 Å². The van der Waals surface area contributed by atoms with Gasteiger partial charge in [0, 0.05) is 17.1 Å². The van der Waals surface area contributed by atoms with Crippen LogP contribution in [0, 0.1) is 6.92 Å². The van der Waals surface area contributed by atoms with Crippen molar-refractivity contribution in [3.63, 3.8) is 0 Å². The Morgan fingerprint density at radius 3 is 2.35 bits per heavy atom. The molecule has 2 amide bonds. The van der Waals surface area contributed by atoms with E-state index in [1.165, 1.54) is 11.3 Å². The zero-order valence-electron chi connectivity index (χ0n) is 18.3. The highest BCUT2D eigenvalue weighted by Crippen LogP contribution is 2.44. The normalized spacial score (nSPS) is 13.0. The fourth-order valence-electron chi connectivity index (χ4n) is 3.79. The lowest BCUT2D eigenvalue weighted by molar-refractivity contribution is -0.138. The third-order valence-corrected chi connectivity index (χ3v) is 7.23. The second kappa shape index (κ2) is 10.7. The predicted octanol–water partition coefficient (Wildman–Crippen LogP) is 4.12. The third kappa shape index (κ3) is 5.57. The van der Waals surface area contributed by atoms with Crippen LogP contribution in [0.3, 0.4) is 0 Å². The van der Waals surface area contributed by atoms with Crippen LogP contribution in [0.2, 0.25) is 0 Å². The van der Waals surface area contributed by atoms with E-state index < -0.39 is 18.1 Å². The first-order valence-corrected chi connectivity index (χ1v) is 12.6. The van der Waals surface area contributed by atoms with Gasteiger partial charge in [0.1, 0.15) is 12.6 Å². The first-order chi connectivity index (χ1) is 16.4. The van der Waals surface area contributed by atoms with Gasteiger partial charge < -0.3 is 20.5 Å².